The molecule has 2 amide bonds. The molecule has 1 aromatic carbocycles. The average Bonchev–Trinajstić information content (AvgIpc) is 2.96. The van der Waals surface area contributed by atoms with Gasteiger partial charge in [0.1, 0.15) is 5.76 Å². The van der Waals surface area contributed by atoms with Crippen molar-refractivity contribution in [1.82, 2.24) is 10.6 Å². The van der Waals surface area contributed by atoms with Crippen LogP contribution in [0.15, 0.2) is 53.1 Å². The Bertz CT molecular complexity index is 566. The topological polar surface area (TPSA) is 91.6 Å². The van der Waals surface area contributed by atoms with E-state index in [0.29, 0.717) is 11.3 Å². The first-order chi connectivity index (χ1) is 9.66. The van der Waals surface area contributed by atoms with Gasteiger partial charge in [-0.1, -0.05) is 30.3 Å². The van der Waals surface area contributed by atoms with E-state index in [9.17, 15) is 9.59 Å². The van der Waals surface area contributed by atoms with E-state index in [4.69, 9.17) is 9.52 Å². The second-order valence-electron chi connectivity index (χ2n) is 4.09. The molecule has 0 aliphatic rings. The lowest BCUT2D eigenvalue weighted by Crippen LogP contribution is -2.40. The van der Waals surface area contributed by atoms with Crippen LogP contribution in [0.25, 0.3) is 0 Å². The Balaban J connectivity index is 1.95. The lowest BCUT2D eigenvalue weighted by Gasteiger charge is -2.15. The molecule has 0 unspecified atom stereocenters. The van der Waals surface area contributed by atoms with Crippen LogP contribution in [0.3, 0.4) is 0 Å². The molecule has 0 saturated carbocycles. The summed E-state index contributed by atoms with van der Waals surface area (Å²) in [6.45, 7) is 0.194. The van der Waals surface area contributed by atoms with Crippen LogP contribution in [0.4, 0.5) is 4.79 Å². The largest absolute Gasteiger partial charge is 0.479 e. The fourth-order valence-electron chi connectivity index (χ4n) is 1.70. The molecule has 2 rings (SSSR count). The van der Waals surface area contributed by atoms with Gasteiger partial charge in [0.25, 0.3) is 0 Å². The minimum atomic E-state index is -1.12. The first-order valence-corrected chi connectivity index (χ1v) is 6.01. The molecule has 20 heavy (non-hydrogen) atoms. The first-order valence-electron chi connectivity index (χ1n) is 6.01. The van der Waals surface area contributed by atoms with Gasteiger partial charge in [-0.2, -0.15) is 0 Å². The molecule has 3 N–H and O–H groups in total. The molecule has 6 heteroatoms. The molecule has 0 saturated heterocycles. The van der Waals surface area contributed by atoms with Crippen molar-refractivity contribution >= 4 is 12.0 Å². The van der Waals surface area contributed by atoms with Crippen molar-refractivity contribution in [3.05, 3.63) is 60.1 Å². The molecule has 0 fully saturated rings. The summed E-state index contributed by atoms with van der Waals surface area (Å²) in [5.74, 6) is -0.531. The Morgan fingerprint density at radius 2 is 1.90 bits per heavy atom. The number of carbonyl (C=O) groups is 2. The number of aliphatic carboxylic acids is 1. The number of hydrogen-bond acceptors (Lipinski definition) is 3. The van der Waals surface area contributed by atoms with Crippen molar-refractivity contribution < 1.29 is 19.1 Å². The third kappa shape index (κ3) is 3.61. The monoisotopic (exact) mass is 274 g/mol. The van der Waals surface area contributed by atoms with Crippen LogP contribution in [0.1, 0.15) is 17.4 Å². The van der Waals surface area contributed by atoms with Crippen molar-refractivity contribution in [2.75, 3.05) is 0 Å². The van der Waals surface area contributed by atoms with Gasteiger partial charge >= 0.3 is 12.0 Å². The number of hydrogen-bond donors (Lipinski definition) is 3. The van der Waals surface area contributed by atoms with Gasteiger partial charge in [-0.25, -0.2) is 9.59 Å². The van der Waals surface area contributed by atoms with Gasteiger partial charge in [-0.05, 0) is 17.7 Å². The summed E-state index contributed by atoms with van der Waals surface area (Å²) in [5.41, 5.74) is 0.508. The number of carboxylic acid groups (broad SMARTS) is 1. The molecule has 0 bridgehead atoms. The van der Waals surface area contributed by atoms with Gasteiger partial charge < -0.3 is 20.2 Å². The molecule has 0 aliphatic heterocycles. The van der Waals surface area contributed by atoms with Gasteiger partial charge in [-0.15, -0.1) is 0 Å². The van der Waals surface area contributed by atoms with E-state index < -0.39 is 18.0 Å². The van der Waals surface area contributed by atoms with Gasteiger partial charge in [0.05, 0.1) is 12.8 Å². The molecule has 0 spiro atoms. The SMILES string of the molecule is O=C(NCc1ccco1)N[C@H](C(=O)O)c1ccccc1. The van der Waals surface area contributed by atoms with Crippen LogP contribution in [-0.4, -0.2) is 17.1 Å². The second kappa shape index (κ2) is 6.42. The molecule has 1 atom stereocenters. The average molecular weight is 274 g/mol. The minimum absolute atomic E-state index is 0.194. The van der Waals surface area contributed by atoms with Crippen LogP contribution in [0.2, 0.25) is 0 Å². The summed E-state index contributed by atoms with van der Waals surface area (Å²) in [6.07, 6.45) is 1.50. The molecule has 0 aliphatic carbocycles. The smallest absolute Gasteiger partial charge is 0.330 e. The van der Waals surface area contributed by atoms with E-state index >= 15 is 0 Å². The predicted octanol–water partition coefficient (Wildman–Crippen LogP) is 1.90. The Morgan fingerprint density at radius 3 is 2.50 bits per heavy atom. The summed E-state index contributed by atoms with van der Waals surface area (Å²) in [7, 11) is 0. The van der Waals surface area contributed by atoms with E-state index in [1.54, 1.807) is 42.5 Å². The summed E-state index contributed by atoms with van der Waals surface area (Å²) in [6, 6.07) is 10.3. The summed E-state index contributed by atoms with van der Waals surface area (Å²) >= 11 is 0. The Labute approximate surface area is 115 Å². The molecular weight excluding hydrogens is 260 g/mol. The number of carbonyl (C=O) groups excluding carboxylic acids is 1. The van der Waals surface area contributed by atoms with E-state index in [2.05, 4.69) is 10.6 Å². The van der Waals surface area contributed by atoms with Crippen LogP contribution < -0.4 is 10.6 Å². The zero-order valence-electron chi connectivity index (χ0n) is 10.6. The maximum atomic E-state index is 11.7. The van der Waals surface area contributed by atoms with Crippen molar-refractivity contribution in [1.29, 1.82) is 0 Å². The number of urea groups is 1. The number of amides is 2. The highest BCUT2D eigenvalue weighted by atomic mass is 16.4. The Morgan fingerprint density at radius 1 is 1.15 bits per heavy atom. The maximum absolute atomic E-state index is 11.7. The third-order valence-electron chi connectivity index (χ3n) is 2.66. The highest BCUT2D eigenvalue weighted by Crippen LogP contribution is 2.12. The predicted molar refractivity (Wildman–Crippen MR) is 70.9 cm³/mol. The zero-order valence-corrected chi connectivity index (χ0v) is 10.6. The number of nitrogens with one attached hydrogen (secondary N) is 2. The molecular formula is C14H14N2O4. The van der Waals surface area contributed by atoms with Crippen LogP contribution in [0, 0.1) is 0 Å². The molecule has 1 heterocycles. The molecule has 1 aromatic heterocycles. The highest BCUT2D eigenvalue weighted by Gasteiger charge is 2.21. The minimum Gasteiger partial charge on any atom is -0.479 e. The van der Waals surface area contributed by atoms with E-state index in [1.165, 1.54) is 6.26 Å². The quantitative estimate of drug-likeness (QED) is 0.776. The van der Waals surface area contributed by atoms with Crippen molar-refractivity contribution in [3.8, 4) is 0 Å². The third-order valence-corrected chi connectivity index (χ3v) is 2.66. The zero-order chi connectivity index (χ0) is 14.4. The summed E-state index contributed by atoms with van der Waals surface area (Å²) in [4.78, 5) is 22.9. The van der Waals surface area contributed by atoms with E-state index in [0.717, 1.165) is 0 Å². The fraction of sp³-hybridized carbons (Fsp3) is 0.143. The lowest BCUT2D eigenvalue weighted by atomic mass is 10.1. The fourth-order valence-corrected chi connectivity index (χ4v) is 1.70. The van der Waals surface area contributed by atoms with Crippen molar-refractivity contribution in [2.45, 2.75) is 12.6 Å². The number of rotatable bonds is 5. The second-order valence-corrected chi connectivity index (χ2v) is 4.09. The van der Waals surface area contributed by atoms with Crippen LogP contribution in [0.5, 0.6) is 0 Å². The standard InChI is InChI=1S/C14H14N2O4/c17-13(18)12(10-5-2-1-3-6-10)16-14(19)15-9-11-7-4-8-20-11/h1-8,12H,9H2,(H,17,18)(H2,15,16,19)/t12-/m0/s1. The van der Waals surface area contributed by atoms with E-state index in [1.807, 2.05) is 0 Å². The van der Waals surface area contributed by atoms with Gasteiger partial charge in [0.15, 0.2) is 6.04 Å². The summed E-state index contributed by atoms with van der Waals surface area (Å²) in [5, 5.41) is 14.1. The number of carboxylic acids is 1. The summed E-state index contributed by atoms with van der Waals surface area (Å²) < 4.78 is 5.06. The van der Waals surface area contributed by atoms with Gasteiger partial charge in [0.2, 0.25) is 0 Å². The Kier molecular flexibility index (Phi) is 4.39. The van der Waals surface area contributed by atoms with Gasteiger partial charge in [0, 0.05) is 0 Å². The molecule has 2 aromatic rings. The normalized spacial score (nSPS) is 11.6. The maximum Gasteiger partial charge on any atom is 0.330 e. The number of furan rings is 1. The van der Waals surface area contributed by atoms with Crippen LogP contribution >= 0.6 is 0 Å². The first kappa shape index (κ1) is 13.7. The number of benzene rings is 1. The van der Waals surface area contributed by atoms with E-state index in [-0.39, 0.29) is 6.54 Å². The molecule has 6 nitrogen and oxygen atoms in total. The van der Waals surface area contributed by atoms with Crippen molar-refractivity contribution in [2.24, 2.45) is 0 Å². The molecule has 0 radical (unpaired) electrons. The van der Waals surface area contributed by atoms with Crippen molar-refractivity contribution in [3.63, 3.8) is 0 Å². The van der Waals surface area contributed by atoms with Crippen LogP contribution in [-0.2, 0) is 11.3 Å². The highest BCUT2D eigenvalue weighted by molar-refractivity contribution is 5.83. The lowest BCUT2D eigenvalue weighted by molar-refractivity contribution is -0.139. The Hall–Kier alpha value is -2.76. The van der Waals surface area contributed by atoms with Gasteiger partial charge in [-0.3, -0.25) is 0 Å². The molecule has 104 valence electrons.